The van der Waals surface area contributed by atoms with E-state index in [0.717, 1.165) is 11.3 Å². The summed E-state index contributed by atoms with van der Waals surface area (Å²) in [6.45, 7) is 5.92. The number of benzene rings is 1. The first-order chi connectivity index (χ1) is 7.42. The number of methoxy groups -OCH3 is 1. The number of hydrogen-bond donors (Lipinski definition) is 0. The maximum atomic E-state index is 11.2. The molecule has 0 heterocycles. The number of carbonyl (C=O) groups excluding carboxylic acids is 1. The molecule has 0 spiro atoms. The van der Waals surface area contributed by atoms with Crippen molar-refractivity contribution in [2.45, 2.75) is 32.8 Å². The van der Waals surface area contributed by atoms with Crippen LogP contribution in [0.5, 0.6) is 5.75 Å². The van der Waals surface area contributed by atoms with Crippen molar-refractivity contribution in [2.24, 2.45) is 0 Å². The molecule has 0 unspecified atom stereocenters. The molecule has 0 radical (unpaired) electrons. The lowest BCUT2D eigenvalue weighted by molar-refractivity contribution is -0.139. The van der Waals surface area contributed by atoms with Gasteiger partial charge < -0.3 is 9.47 Å². The van der Waals surface area contributed by atoms with E-state index in [-0.39, 0.29) is 18.0 Å². The molecule has 0 aromatic heterocycles. The molecule has 0 bridgehead atoms. The molecule has 0 saturated carbocycles. The van der Waals surface area contributed by atoms with Crippen LogP contribution in [0.2, 0.25) is 0 Å². The summed E-state index contributed by atoms with van der Waals surface area (Å²) in [6, 6.07) is 7.51. The lowest BCUT2D eigenvalue weighted by Crippen LogP contribution is -2.24. The van der Waals surface area contributed by atoms with Crippen molar-refractivity contribution in [2.75, 3.05) is 7.11 Å². The van der Waals surface area contributed by atoms with Gasteiger partial charge in [0.2, 0.25) is 0 Å². The summed E-state index contributed by atoms with van der Waals surface area (Å²) in [5, 5.41) is 0. The SMILES string of the molecule is COC(=O)Cc1ccccc1OC(C)(C)C. The molecule has 3 heteroatoms. The molecule has 0 atom stereocenters. The van der Waals surface area contributed by atoms with Gasteiger partial charge in [-0.1, -0.05) is 18.2 Å². The lowest BCUT2D eigenvalue weighted by atomic mass is 10.1. The highest BCUT2D eigenvalue weighted by atomic mass is 16.5. The van der Waals surface area contributed by atoms with E-state index in [1.807, 2.05) is 45.0 Å². The molecule has 88 valence electrons. The Labute approximate surface area is 96.4 Å². The number of ether oxygens (including phenoxy) is 2. The van der Waals surface area contributed by atoms with Gasteiger partial charge in [0, 0.05) is 5.56 Å². The average Bonchev–Trinajstić information content (AvgIpc) is 2.18. The smallest absolute Gasteiger partial charge is 0.310 e. The van der Waals surface area contributed by atoms with Crippen molar-refractivity contribution in [1.82, 2.24) is 0 Å². The number of rotatable bonds is 3. The second kappa shape index (κ2) is 5.01. The molecule has 3 nitrogen and oxygen atoms in total. The van der Waals surface area contributed by atoms with Crippen molar-refractivity contribution in [3.8, 4) is 5.75 Å². The minimum atomic E-state index is -0.272. The van der Waals surface area contributed by atoms with Gasteiger partial charge in [0.1, 0.15) is 11.4 Å². The fourth-order valence-electron chi connectivity index (χ4n) is 1.31. The molecule has 1 aromatic rings. The van der Waals surface area contributed by atoms with Crippen molar-refractivity contribution in [1.29, 1.82) is 0 Å². The maximum Gasteiger partial charge on any atom is 0.310 e. The Morgan fingerprint density at radius 1 is 1.25 bits per heavy atom. The second-order valence-electron chi connectivity index (χ2n) is 4.58. The molecule has 0 N–H and O–H groups in total. The summed E-state index contributed by atoms with van der Waals surface area (Å²) < 4.78 is 10.4. The summed E-state index contributed by atoms with van der Waals surface area (Å²) in [6.07, 6.45) is 0.239. The highest BCUT2D eigenvalue weighted by molar-refractivity contribution is 5.73. The third-order valence-corrected chi connectivity index (χ3v) is 1.95. The number of para-hydroxylation sites is 1. The first-order valence-corrected chi connectivity index (χ1v) is 5.26. The third-order valence-electron chi connectivity index (χ3n) is 1.95. The Kier molecular flexibility index (Phi) is 3.93. The standard InChI is InChI=1S/C13H18O3/c1-13(2,3)16-11-8-6-5-7-10(11)9-12(14)15-4/h5-8H,9H2,1-4H3. The van der Waals surface area contributed by atoms with E-state index in [0.29, 0.717) is 0 Å². The van der Waals surface area contributed by atoms with Gasteiger partial charge in [-0.15, -0.1) is 0 Å². The molecule has 0 amide bonds. The Balaban J connectivity index is 2.87. The van der Waals surface area contributed by atoms with Gasteiger partial charge in [-0.25, -0.2) is 0 Å². The van der Waals surface area contributed by atoms with Crippen LogP contribution in [0.1, 0.15) is 26.3 Å². The molecule has 0 aliphatic carbocycles. The first-order valence-electron chi connectivity index (χ1n) is 5.26. The van der Waals surface area contributed by atoms with Crippen LogP contribution in [0.15, 0.2) is 24.3 Å². The number of carbonyl (C=O) groups is 1. The highest BCUT2D eigenvalue weighted by Gasteiger charge is 2.15. The largest absolute Gasteiger partial charge is 0.488 e. The molecule has 0 aliphatic heterocycles. The van der Waals surface area contributed by atoms with Gasteiger partial charge in [0.15, 0.2) is 0 Å². The molecular weight excluding hydrogens is 204 g/mol. The normalized spacial score (nSPS) is 11.0. The van der Waals surface area contributed by atoms with Crippen LogP contribution in [0.4, 0.5) is 0 Å². The quantitative estimate of drug-likeness (QED) is 0.737. The number of esters is 1. The Bertz CT molecular complexity index is 364. The van der Waals surface area contributed by atoms with E-state index >= 15 is 0 Å². The minimum Gasteiger partial charge on any atom is -0.488 e. The molecule has 0 aliphatic rings. The molecular formula is C13H18O3. The number of hydrogen-bond acceptors (Lipinski definition) is 3. The molecule has 1 aromatic carbocycles. The zero-order valence-corrected chi connectivity index (χ0v) is 10.2. The second-order valence-corrected chi connectivity index (χ2v) is 4.58. The van der Waals surface area contributed by atoms with Crippen molar-refractivity contribution >= 4 is 5.97 Å². The van der Waals surface area contributed by atoms with E-state index < -0.39 is 0 Å². The maximum absolute atomic E-state index is 11.2. The van der Waals surface area contributed by atoms with Crippen LogP contribution < -0.4 is 4.74 Å². The summed E-state index contributed by atoms with van der Waals surface area (Å²) in [5.74, 6) is 0.477. The summed E-state index contributed by atoms with van der Waals surface area (Å²) in [4.78, 5) is 11.2. The van der Waals surface area contributed by atoms with Crippen LogP contribution in [-0.2, 0) is 16.0 Å². The zero-order valence-electron chi connectivity index (χ0n) is 10.2. The summed E-state index contributed by atoms with van der Waals surface area (Å²) in [5.41, 5.74) is 0.580. The van der Waals surface area contributed by atoms with Crippen molar-refractivity contribution < 1.29 is 14.3 Å². The van der Waals surface area contributed by atoms with E-state index in [1.165, 1.54) is 7.11 Å². The van der Waals surface area contributed by atoms with Crippen molar-refractivity contribution in [3.05, 3.63) is 29.8 Å². The fraction of sp³-hybridized carbons (Fsp3) is 0.462. The fourth-order valence-corrected chi connectivity index (χ4v) is 1.31. The van der Waals surface area contributed by atoms with Crippen LogP contribution >= 0.6 is 0 Å². The predicted molar refractivity (Wildman–Crippen MR) is 62.5 cm³/mol. The minimum absolute atomic E-state index is 0.239. The lowest BCUT2D eigenvalue weighted by Gasteiger charge is -2.23. The van der Waals surface area contributed by atoms with Crippen LogP contribution in [0.25, 0.3) is 0 Å². The highest BCUT2D eigenvalue weighted by Crippen LogP contribution is 2.23. The zero-order chi connectivity index (χ0) is 12.2. The Morgan fingerprint density at radius 3 is 2.44 bits per heavy atom. The van der Waals surface area contributed by atoms with Gasteiger partial charge in [-0.2, -0.15) is 0 Å². The van der Waals surface area contributed by atoms with Crippen LogP contribution in [0, 0.1) is 0 Å². The van der Waals surface area contributed by atoms with Crippen LogP contribution in [-0.4, -0.2) is 18.7 Å². The van der Waals surface area contributed by atoms with E-state index in [9.17, 15) is 4.79 Å². The van der Waals surface area contributed by atoms with E-state index in [4.69, 9.17) is 4.74 Å². The van der Waals surface area contributed by atoms with Gasteiger partial charge >= 0.3 is 5.97 Å². The van der Waals surface area contributed by atoms with Gasteiger partial charge in [0.05, 0.1) is 13.5 Å². The molecule has 0 saturated heterocycles. The Hall–Kier alpha value is -1.51. The summed E-state index contributed by atoms with van der Waals surface area (Å²) in [7, 11) is 1.38. The Morgan fingerprint density at radius 2 is 1.88 bits per heavy atom. The topological polar surface area (TPSA) is 35.5 Å². The van der Waals surface area contributed by atoms with Gasteiger partial charge in [0.25, 0.3) is 0 Å². The molecule has 1 rings (SSSR count). The summed E-state index contributed by atoms with van der Waals surface area (Å²) >= 11 is 0. The molecule has 0 fully saturated rings. The molecule has 16 heavy (non-hydrogen) atoms. The third kappa shape index (κ3) is 3.93. The van der Waals surface area contributed by atoms with E-state index in [2.05, 4.69) is 4.74 Å². The van der Waals surface area contributed by atoms with Gasteiger partial charge in [-0.05, 0) is 26.8 Å². The van der Waals surface area contributed by atoms with Gasteiger partial charge in [-0.3, -0.25) is 4.79 Å². The first kappa shape index (κ1) is 12.6. The van der Waals surface area contributed by atoms with Crippen LogP contribution in [0.3, 0.4) is 0 Å². The van der Waals surface area contributed by atoms with E-state index in [1.54, 1.807) is 0 Å². The van der Waals surface area contributed by atoms with Crippen molar-refractivity contribution in [3.63, 3.8) is 0 Å². The monoisotopic (exact) mass is 222 g/mol. The predicted octanol–water partition coefficient (Wildman–Crippen LogP) is 2.58. The average molecular weight is 222 g/mol.